The van der Waals surface area contributed by atoms with Crippen LogP contribution in [0.25, 0.3) is 5.69 Å². The van der Waals surface area contributed by atoms with E-state index in [1.54, 1.807) is 11.6 Å². The summed E-state index contributed by atoms with van der Waals surface area (Å²) >= 11 is 0. The first-order valence-corrected chi connectivity index (χ1v) is 5.50. The second-order valence-electron chi connectivity index (χ2n) is 3.67. The maximum absolute atomic E-state index is 9.83. The van der Waals surface area contributed by atoms with Crippen LogP contribution in [0, 0.1) is 11.8 Å². The van der Waals surface area contributed by atoms with Gasteiger partial charge in [0.15, 0.2) is 0 Å². The molecule has 1 aromatic carbocycles. The first-order valence-electron chi connectivity index (χ1n) is 5.50. The lowest BCUT2D eigenvalue weighted by molar-refractivity contribution is 0.178. The van der Waals surface area contributed by atoms with Crippen LogP contribution in [-0.2, 0) is 0 Å². The van der Waals surface area contributed by atoms with Gasteiger partial charge in [0.1, 0.15) is 6.10 Å². The molecule has 0 aliphatic carbocycles. The molecule has 2 aromatic rings. The van der Waals surface area contributed by atoms with Crippen LogP contribution in [0.2, 0.25) is 0 Å². The van der Waals surface area contributed by atoms with Gasteiger partial charge in [-0.05, 0) is 25.1 Å². The van der Waals surface area contributed by atoms with E-state index in [4.69, 9.17) is 0 Å². The van der Waals surface area contributed by atoms with E-state index in [0.29, 0.717) is 12.1 Å². The van der Waals surface area contributed by atoms with E-state index in [9.17, 15) is 5.11 Å². The van der Waals surface area contributed by atoms with Crippen molar-refractivity contribution in [3.63, 3.8) is 0 Å². The molecule has 0 amide bonds. The molecule has 0 aliphatic heterocycles. The number of hydrogen-bond acceptors (Lipinski definition) is 2. The van der Waals surface area contributed by atoms with Gasteiger partial charge in [-0.1, -0.05) is 18.2 Å². The highest BCUT2D eigenvalue weighted by molar-refractivity contribution is 5.30. The summed E-state index contributed by atoms with van der Waals surface area (Å²) in [6.07, 6.45) is 1.64. The first kappa shape index (κ1) is 11.4. The minimum absolute atomic E-state index is 0.419. The fourth-order valence-electron chi connectivity index (χ4n) is 1.54. The number of hydrogen-bond donors (Lipinski definition) is 1. The zero-order chi connectivity index (χ0) is 12.1. The molecular formula is C14H14N2O. The summed E-state index contributed by atoms with van der Waals surface area (Å²) in [7, 11) is 0. The normalized spacial score (nSPS) is 11.6. The Morgan fingerprint density at radius 1 is 1.29 bits per heavy atom. The van der Waals surface area contributed by atoms with Gasteiger partial charge >= 0.3 is 0 Å². The predicted octanol–water partition coefficient (Wildman–Crippen LogP) is 2.32. The fraction of sp³-hybridized carbons (Fsp3) is 0.214. The topological polar surface area (TPSA) is 38.0 Å². The molecule has 0 spiro atoms. The van der Waals surface area contributed by atoms with Gasteiger partial charge in [-0.3, -0.25) is 0 Å². The zero-order valence-corrected chi connectivity index (χ0v) is 9.67. The minimum Gasteiger partial charge on any atom is -0.386 e. The van der Waals surface area contributed by atoms with Crippen molar-refractivity contribution in [2.45, 2.75) is 19.4 Å². The Balaban J connectivity index is 2.18. The largest absolute Gasteiger partial charge is 0.386 e. The molecule has 1 aromatic heterocycles. The molecule has 0 fully saturated rings. The maximum atomic E-state index is 9.83. The smallest absolute Gasteiger partial charge is 0.109 e. The quantitative estimate of drug-likeness (QED) is 0.816. The molecule has 17 heavy (non-hydrogen) atoms. The van der Waals surface area contributed by atoms with Gasteiger partial charge < -0.3 is 5.11 Å². The molecule has 0 aliphatic rings. The molecule has 86 valence electrons. The molecule has 3 heteroatoms. The molecule has 0 saturated carbocycles. The molecule has 1 N–H and O–H groups in total. The Morgan fingerprint density at radius 3 is 2.76 bits per heavy atom. The molecule has 1 atom stereocenters. The minimum atomic E-state index is -0.618. The molecule has 0 bridgehead atoms. The number of aliphatic hydroxyl groups excluding tert-OH is 1. The van der Waals surface area contributed by atoms with Crippen molar-refractivity contribution in [1.82, 2.24) is 9.78 Å². The lowest BCUT2D eigenvalue weighted by Gasteiger charge is -2.03. The average Bonchev–Trinajstić information content (AvgIpc) is 2.86. The van der Waals surface area contributed by atoms with Gasteiger partial charge in [0.2, 0.25) is 0 Å². The van der Waals surface area contributed by atoms with E-state index in [2.05, 4.69) is 16.9 Å². The van der Waals surface area contributed by atoms with Gasteiger partial charge in [0.25, 0.3) is 0 Å². The molecule has 0 saturated heterocycles. The lowest BCUT2D eigenvalue weighted by atomic mass is 10.2. The lowest BCUT2D eigenvalue weighted by Crippen LogP contribution is -2.00. The summed E-state index contributed by atoms with van der Waals surface area (Å²) in [5.41, 5.74) is 1.63. The summed E-state index contributed by atoms with van der Waals surface area (Å²) in [5.74, 6) is 5.61. The van der Waals surface area contributed by atoms with Gasteiger partial charge in [0.05, 0.1) is 11.4 Å². The van der Waals surface area contributed by atoms with E-state index in [1.165, 1.54) is 0 Å². The van der Waals surface area contributed by atoms with Crippen molar-refractivity contribution in [3.05, 3.63) is 48.3 Å². The van der Waals surface area contributed by atoms with E-state index in [1.807, 2.05) is 42.6 Å². The number of aromatic nitrogens is 2. The Morgan fingerprint density at radius 2 is 2.06 bits per heavy atom. The van der Waals surface area contributed by atoms with Crippen molar-refractivity contribution in [2.75, 3.05) is 0 Å². The standard InChI is InChI=1S/C14H14N2O/c1-2-3-9-14(17)13-10-11-16(15-13)12-7-5-4-6-8-12/h4-8,10-11,14,17H,9H2,1H3. The van der Waals surface area contributed by atoms with Crippen molar-refractivity contribution in [3.8, 4) is 17.5 Å². The first-order chi connectivity index (χ1) is 8.31. The van der Waals surface area contributed by atoms with Crippen molar-refractivity contribution >= 4 is 0 Å². The molecule has 1 unspecified atom stereocenters. The highest BCUT2D eigenvalue weighted by Crippen LogP contribution is 2.15. The van der Waals surface area contributed by atoms with Gasteiger partial charge in [0, 0.05) is 12.6 Å². The Bertz CT molecular complexity index is 534. The average molecular weight is 226 g/mol. The zero-order valence-electron chi connectivity index (χ0n) is 9.67. The number of rotatable bonds is 3. The Hall–Kier alpha value is -2.05. The predicted molar refractivity (Wildman–Crippen MR) is 66.6 cm³/mol. The van der Waals surface area contributed by atoms with E-state index >= 15 is 0 Å². The van der Waals surface area contributed by atoms with Crippen LogP contribution in [0.3, 0.4) is 0 Å². The van der Waals surface area contributed by atoms with E-state index in [0.717, 1.165) is 5.69 Å². The van der Waals surface area contributed by atoms with Crippen LogP contribution in [0.5, 0.6) is 0 Å². The molecule has 2 rings (SSSR count). The van der Waals surface area contributed by atoms with Crippen molar-refractivity contribution < 1.29 is 5.11 Å². The van der Waals surface area contributed by atoms with Crippen LogP contribution >= 0.6 is 0 Å². The number of benzene rings is 1. The maximum Gasteiger partial charge on any atom is 0.109 e. The highest BCUT2D eigenvalue weighted by Gasteiger charge is 2.09. The summed E-state index contributed by atoms with van der Waals surface area (Å²) in [6, 6.07) is 11.6. The second-order valence-corrected chi connectivity index (χ2v) is 3.67. The highest BCUT2D eigenvalue weighted by atomic mass is 16.3. The summed E-state index contributed by atoms with van der Waals surface area (Å²) < 4.78 is 1.75. The number of aliphatic hydroxyl groups is 1. The van der Waals surface area contributed by atoms with Crippen LogP contribution in [0.4, 0.5) is 0 Å². The van der Waals surface area contributed by atoms with Gasteiger partial charge in [-0.15, -0.1) is 11.8 Å². The summed E-state index contributed by atoms with van der Waals surface area (Å²) in [6.45, 7) is 1.76. The van der Waals surface area contributed by atoms with E-state index in [-0.39, 0.29) is 0 Å². The van der Waals surface area contributed by atoms with Crippen LogP contribution in [-0.4, -0.2) is 14.9 Å². The van der Waals surface area contributed by atoms with Gasteiger partial charge in [-0.25, -0.2) is 4.68 Å². The SMILES string of the molecule is CC#CCC(O)c1ccn(-c2ccccc2)n1. The monoisotopic (exact) mass is 226 g/mol. The number of nitrogens with zero attached hydrogens (tertiary/aromatic N) is 2. The molecule has 1 heterocycles. The van der Waals surface area contributed by atoms with Crippen LogP contribution in [0.15, 0.2) is 42.6 Å². The van der Waals surface area contributed by atoms with E-state index < -0.39 is 6.10 Å². The third kappa shape index (κ3) is 2.74. The Kier molecular flexibility index (Phi) is 3.59. The molecule has 0 radical (unpaired) electrons. The van der Waals surface area contributed by atoms with Gasteiger partial charge in [-0.2, -0.15) is 5.10 Å². The Labute approximate surface area is 101 Å². The molecular weight excluding hydrogens is 212 g/mol. The third-order valence-electron chi connectivity index (χ3n) is 2.44. The van der Waals surface area contributed by atoms with Crippen molar-refractivity contribution in [1.29, 1.82) is 0 Å². The summed E-state index contributed by atoms with van der Waals surface area (Å²) in [4.78, 5) is 0. The van der Waals surface area contributed by atoms with Crippen LogP contribution in [0.1, 0.15) is 25.1 Å². The summed E-state index contributed by atoms with van der Waals surface area (Å²) in [5, 5.41) is 14.2. The number of para-hydroxylation sites is 1. The third-order valence-corrected chi connectivity index (χ3v) is 2.44. The van der Waals surface area contributed by atoms with Crippen LogP contribution < -0.4 is 0 Å². The van der Waals surface area contributed by atoms with Crippen molar-refractivity contribution in [2.24, 2.45) is 0 Å². The molecule has 3 nitrogen and oxygen atoms in total. The second kappa shape index (κ2) is 5.33. The fourth-order valence-corrected chi connectivity index (χ4v) is 1.54.